The van der Waals surface area contributed by atoms with Gasteiger partial charge in [0.15, 0.2) is 0 Å². The van der Waals surface area contributed by atoms with Gasteiger partial charge in [0.2, 0.25) is 0 Å². The minimum absolute atomic E-state index is 0.0291. The predicted molar refractivity (Wildman–Crippen MR) is 122 cm³/mol. The third-order valence-electron chi connectivity index (χ3n) is 5.61. The predicted octanol–water partition coefficient (Wildman–Crippen LogP) is 5.95. The monoisotopic (exact) mass is 481 g/mol. The van der Waals surface area contributed by atoms with Crippen LogP contribution in [0.25, 0.3) is 16.6 Å². The molecule has 6 nitrogen and oxygen atoms in total. The van der Waals surface area contributed by atoms with E-state index in [1.165, 1.54) is 10.6 Å². The smallest absolute Gasteiger partial charge is 0.339 e. The van der Waals surface area contributed by atoms with Crippen molar-refractivity contribution in [3.8, 4) is 11.8 Å². The minimum Gasteiger partial charge on any atom is -0.339 e. The first-order chi connectivity index (χ1) is 16.3. The molecule has 0 unspecified atom stereocenters. The lowest BCUT2D eigenvalue weighted by Gasteiger charge is -2.17. The van der Waals surface area contributed by atoms with Crippen LogP contribution in [0.5, 0.6) is 0 Å². The van der Waals surface area contributed by atoms with Crippen molar-refractivity contribution in [2.24, 2.45) is 0 Å². The highest BCUT2D eigenvalue weighted by atomic mass is 35.5. The molecule has 1 N–H and O–H groups in total. The van der Waals surface area contributed by atoms with Crippen LogP contribution in [0.15, 0.2) is 59.5 Å². The van der Waals surface area contributed by atoms with E-state index in [4.69, 9.17) is 11.6 Å². The highest BCUT2D eigenvalue weighted by molar-refractivity contribution is 6.32. The molecule has 2 heterocycles. The second-order valence-corrected chi connectivity index (χ2v) is 8.33. The first kappa shape index (κ1) is 21.9. The molecule has 0 atom stereocenters. The van der Waals surface area contributed by atoms with Crippen molar-refractivity contribution in [3.63, 3.8) is 0 Å². The molecule has 0 bridgehead atoms. The van der Waals surface area contributed by atoms with Gasteiger partial charge < -0.3 is 5.32 Å². The summed E-state index contributed by atoms with van der Waals surface area (Å²) in [6.45, 7) is 0. The van der Waals surface area contributed by atoms with E-state index in [0.29, 0.717) is 27.2 Å². The van der Waals surface area contributed by atoms with E-state index < -0.39 is 17.6 Å². The van der Waals surface area contributed by atoms with Gasteiger partial charge in [0, 0.05) is 17.3 Å². The molecule has 1 aliphatic carbocycles. The number of alkyl halides is 3. The third kappa shape index (κ3) is 3.97. The van der Waals surface area contributed by atoms with Crippen molar-refractivity contribution in [3.05, 3.63) is 87.1 Å². The Morgan fingerprint density at radius 1 is 1.15 bits per heavy atom. The van der Waals surface area contributed by atoms with Crippen LogP contribution in [0.2, 0.25) is 5.02 Å². The van der Waals surface area contributed by atoms with E-state index in [-0.39, 0.29) is 17.4 Å². The highest BCUT2D eigenvalue weighted by Crippen LogP contribution is 2.43. The van der Waals surface area contributed by atoms with Gasteiger partial charge in [0.05, 0.1) is 27.9 Å². The average molecular weight is 482 g/mol. The number of anilines is 2. The first-order valence-corrected chi connectivity index (χ1v) is 10.7. The minimum atomic E-state index is -4.63. The molecule has 1 saturated carbocycles. The van der Waals surface area contributed by atoms with Crippen LogP contribution in [0.1, 0.15) is 35.6 Å². The zero-order valence-electron chi connectivity index (χ0n) is 17.4. The molecule has 0 radical (unpaired) electrons. The number of halogens is 4. The molecule has 0 spiro atoms. The fourth-order valence-corrected chi connectivity index (χ4v) is 4.10. The zero-order chi connectivity index (χ0) is 24.0. The Kier molecular flexibility index (Phi) is 5.25. The van der Waals surface area contributed by atoms with E-state index in [2.05, 4.69) is 21.4 Å². The molecular weight excluding hydrogens is 467 g/mol. The quantitative estimate of drug-likeness (QED) is 0.389. The number of aromatic nitrogens is 3. The van der Waals surface area contributed by atoms with E-state index in [0.717, 1.165) is 30.7 Å². The Labute approximate surface area is 196 Å². The van der Waals surface area contributed by atoms with Crippen molar-refractivity contribution in [1.29, 1.82) is 5.26 Å². The number of benzene rings is 2. The van der Waals surface area contributed by atoms with E-state index in [1.807, 2.05) is 0 Å². The van der Waals surface area contributed by atoms with Gasteiger partial charge in [0.25, 0.3) is 0 Å². The molecule has 2 aromatic heterocycles. The third-order valence-corrected chi connectivity index (χ3v) is 5.93. The first-order valence-electron chi connectivity index (χ1n) is 10.3. The van der Waals surface area contributed by atoms with Gasteiger partial charge in [-0.3, -0.25) is 9.55 Å². The fraction of sp³-hybridized carbons (Fsp3) is 0.167. The lowest BCUT2D eigenvalue weighted by Crippen LogP contribution is -2.23. The summed E-state index contributed by atoms with van der Waals surface area (Å²) in [5.74, 6) is 0.245. The van der Waals surface area contributed by atoms with Crippen molar-refractivity contribution >= 4 is 34.0 Å². The lowest BCUT2D eigenvalue weighted by molar-refractivity contribution is -0.141. The van der Waals surface area contributed by atoms with E-state index >= 15 is 0 Å². The fourth-order valence-electron chi connectivity index (χ4n) is 3.88. The maximum atomic E-state index is 13.2. The highest BCUT2D eigenvalue weighted by Gasteiger charge is 2.32. The molecule has 10 heteroatoms. The Morgan fingerprint density at radius 3 is 2.59 bits per heavy atom. The van der Waals surface area contributed by atoms with Crippen LogP contribution in [0.4, 0.5) is 24.7 Å². The number of fused-ring (bicyclic) bond motifs is 1. The molecule has 0 saturated heterocycles. The maximum Gasteiger partial charge on any atom is 0.433 e. The number of para-hydroxylation sites is 1. The Morgan fingerprint density at radius 2 is 1.91 bits per heavy atom. The van der Waals surface area contributed by atoms with Gasteiger partial charge >= 0.3 is 11.9 Å². The summed E-state index contributed by atoms with van der Waals surface area (Å²) in [6.07, 6.45) is -1.74. The summed E-state index contributed by atoms with van der Waals surface area (Å²) in [4.78, 5) is 20.6. The molecule has 4 aromatic rings. The number of pyridine rings is 1. The lowest BCUT2D eigenvalue weighted by atomic mass is 10.0. The zero-order valence-corrected chi connectivity index (χ0v) is 18.2. The SMILES string of the molecule is N#Cc1cc2c(Nc3ccnc(C(F)(F)F)c3)nc(=O)n(-c3ccccc3Cl)c2cc1C1CC1. The van der Waals surface area contributed by atoms with Crippen LogP contribution < -0.4 is 11.0 Å². The Balaban J connectivity index is 1.76. The largest absolute Gasteiger partial charge is 0.433 e. The van der Waals surface area contributed by atoms with E-state index in [1.54, 1.807) is 36.4 Å². The molecule has 5 rings (SSSR count). The van der Waals surface area contributed by atoms with Crippen LogP contribution in [0, 0.1) is 11.3 Å². The number of nitrogens with one attached hydrogen (secondary N) is 1. The van der Waals surface area contributed by atoms with Gasteiger partial charge in [-0.2, -0.15) is 23.4 Å². The molecular formula is C24H15ClF3N5O. The van der Waals surface area contributed by atoms with Crippen molar-refractivity contribution in [2.45, 2.75) is 24.9 Å². The molecule has 170 valence electrons. The molecule has 1 aliphatic rings. The Bertz CT molecular complexity index is 1540. The van der Waals surface area contributed by atoms with Crippen molar-refractivity contribution in [2.75, 3.05) is 5.32 Å². The second kappa shape index (κ2) is 8.15. The topological polar surface area (TPSA) is 83.6 Å². The van der Waals surface area contributed by atoms with Gasteiger partial charge in [-0.1, -0.05) is 23.7 Å². The number of nitriles is 1. The number of rotatable bonds is 4. The van der Waals surface area contributed by atoms with Gasteiger partial charge in [-0.25, -0.2) is 4.79 Å². The molecule has 2 aromatic carbocycles. The van der Waals surface area contributed by atoms with Crippen LogP contribution >= 0.6 is 11.6 Å². The van der Waals surface area contributed by atoms with Crippen LogP contribution in [-0.2, 0) is 6.18 Å². The van der Waals surface area contributed by atoms with Gasteiger partial charge in [-0.05, 0) is 60.7 Å². The molecule has 0 amide bonds. The Hall–Kier alpha value is -3.90. The summed E-state index contributed by atoms with van der Waals surface area (Å²) < 4.78 is 40.7. The summed E-state index contributed by atoms with van der Waals surface area (Å²) in [5.41, 5.74) is 0.399. The second-order valence-electron chi connectivity index (χ2n) is 7.93. The number of hydrogen-bond donors (Lipinski definition) is 1. The summed E-state index contributed by atoms with van der Waals surface area (Å²) in [5, 5.41) is 13.3. The average Bonchev–Trinajstić information content (AvgIpc) is 3.64. The van der Waals surface area contributed by atoms with E-state index in [9.17, 15) is 23.2 Å². The van der Waals surface area contributed by atoms with Gasteiger partial charge in [0.1, 0.15) is 11.5 Å². The summed E-state index contributed by atoms with van der Waals surface area (Å²) >= 11 is 6.37. The summed E-state index contributed by atoms with van der Waals surface area (Å²) in [6, 6.07) is 14.5. The van der Waals surface area contributed by atoms with Crippen LogP contribution in [0.3, 0.4) is 0 Å². The molecule has 34 heavy (non-hydrogen) atoms. The number of nitrogens with zero attached hydrogens (tertiary/aromatic N) is 4. The van der Waals surface area contributed by atoms with Gasteiger partial charge in [-0.15, -0.1) is 0 Å². The van der Waals surface area contributed by atoms with Crippen molar-refractivity contribution in [1.82, 2.24) is 14.5 Å². The summed E-state index contributed by atoms with van der Waals surface area (Å²) in [7, 11) is 0. The number of hydrogen-bond acceptors (Lipinski definition) is 5. The normalized spacial score (nSPS) is 13.6. The van der Waals surface area contributed by atoms with Crippen molar-refractivity contribution < 1.29 is 13.2 Å². The van der Waals surface area contributed by atoms with Crippen LogP contribution in [-0.4, -0.2) is 14.5 Å². The molecule has 1 fully saturated rings. The maximum absolute atomic E-state index is 13.2. The standard InChI is InChI=1S/C24H15ClF3N5O/c25-18-3-1-2-4-19(18)33-20-11-16(13-5-6-13)14(12-29)9-17(20)22(32-23(33)34)31-15-7-8-30-21(10-15)24(26,27)28/h1-4,7-11,13H,5-6H2,(H,30,31,32,34). The molecule has 0 aliphatic heterocycles.